The van der Waals surface area contributed by atoms with E-state index in [2.05, 4.69) is 0 Å². The zero-order valence-corrected chi connectivity index (χ0v) is 13.6. The predicted octanol–water partition coefficient (Wildman–Crippen LogP) is 1.23. The molecule has 0 bridgehead atoms. The SMILES string of the molecule is CCOC(=O)C1CC1CCC(C)O[C@@H]1O[C@@H](C)[C@H](O)C[C@H]1O. The number of aliphatic hydroxyl groups is 2. The highest BCUT2D eigenvalue weighted by molar-refractivity contribution is 5.75. The molecular formula is C16H28O6. The molecule has 1 aliphatic carbocycles. The summed E-state index contributed by atoms with van der Waals surface area (Å²) in [5.74, 6) is 0.358. The minimum atomic E-state index is -0.804. The number of esters is 1. The molecule has 2 aliphatic rings. The average molecular weight is 316 g/mol. The second kappa shape index (κ2) is 7.73. The van der Waals surface area contributed by atoms with Crippen molar-refractivity contribution < 1.29 is 29.2 Å². The van der Waals surface area contributed by atoms with Crippen molar-refractivity contribution in [3.63, 3.8) is 0 Å². The summed E-state index contributed by atoms with van der Waals surface area (Å²) in [7, 11) is 0. The van der Waals surface area contributed by atoms with Crippen LogP contribution in [-0.4, -0.2) is 53.5 Å². The van der Waals surface area contributed by atoms with Gasteiger partial charge in [0.1, 0.15) is 6.10 Å². The van der Waals surface area contributed by atoms with E-state index in [1.165, 1.54) is 0 Å². The van der Waals surface area contributed by atoms with Crippen molar-refractivity contribution >= 4 is 5.97 Å². The van der Waals surface area contributed by atoms with E-state index in [0.717, 1.165) is 19.3 Å². The van der Waals surface area contributed by atoms with Gasteiger partial charge in [0.15, 0.2) is 6.29 Å². The van der Waals surface area contributed by atoms with E-state index in [0.29, 0.717) is 12.5 Å². The third kappa shape index (κ3) is 4.65. The molecule has 128 valence electrons. The molecule has 6 nitrogen and oxygen atoms in total. The molecule has 2 N–H and O–H groups in total. The quantitative estimate of drug-likeness (QED) is 0.687. The number of hydrogen-bond donors (Lipinski definition) is 2. The Hall–Kier alpha value is -0.690. The van der Waals surface area contributed by atoms with Crippen LogP contribution < -0.4 is 0 Å². The molecule has 2 fully saturated rings. The van der Waals surface area contributed by atoms with Gasteiger partial charge in [-0.1, -0.05) is 0 Å². The van der Waals surface area contributed by atoms with Gasteiger partial charge in [-0.05, 0) is 46.0 Å². The Morgan fingerprint density at radius 1 is 1.32 bits per heavy atom. The molecular weight excluding hydrogens is 288 g/mol. The summed E-state index contributed by atoms with van der Waals surface area (Å²) in [6.07, 6.45) is 0.346. The van der Waals surface area contributed by atoms with Crippen molar-refractivity contribution in [1.29, 1.82) is 0 Å². The predicted molar refractivity (Wildman–Crippen MR) is 79.0 cm³/mol. The lowest BCUT2D eigenvalue weighted by Gasteiger charge is -2.36. The lowest BCUT2D eigenvalue weighted by molar-refractivity contribution is -0.273. The van der Waals surface area contributed by atoms with Gasteiger partial charge < -0.3 is 24.4 Å². The molecule has 0 aromatic carbocycles. The monoisotopic (exact) mass is 316 g/mol. The highest BCUT2D eigenvalue weighted by Gasteiger charge is 2.44. The largest absolute Gasteiger partial charge is 0.466 e. The van der Waals surface area contributed by atoms with Gasteiger partial charge in [0.05, 0.1) is 30.8 Å². The summed E-state index contributed by atoms with van der Waals surface area (Å²) in [5, 5.41) is 19.5. The molecule has 0 aromatic rings. The first-order valence-corrected chi connectivity index (χ1v) is 8.26. The number of rotatable bonds is 7. The molecule has 0 amide bonds. The Kier molecular flexibility index (Phi) is 6.20. The van der Waals surface area contributed by atoms with Gasteiger partial charge >= 0.3 is 5.97 Å². The van der Waals surface area contributed by atoms with Crippen LogP contribution in [0, 0.1) is 11.8 Å². The van der Waals surface area contributed by atoms with Crippen molar-refractivity contribution in [2.75, 3.05) is 6.61 Å². The first-order valence-electron chi connectivity index (χ1n) is 8.26. The smallest absolute Gasteiger partial charge is 0.309 e. The summed E-state index contributed by atoms with van der Waals surface area (Å²) >= 11 is 0. The summed E-state index contributed by atoms with van der Waals surface area (Å²) in [4.78, 5) is 11.6. The van der Waals surface area contributed by atoms with E-state index in [1.807, 2.05) is 13.8 Å². The molecule has 1 saturated heterocycles. The second-order valence-corrected chi connectivity index (χ2v) is 6.46. The molecule has 1 saturated carbocycles. The zero-order chi connectivity index (χ0) is 16.3. The van der Waals surface area contributed by atoms with Crippen LogP contribution in [0.15, 0.2) is 0 Å². The maximum atomic E-state index is 11.6. The van der Waals surface area contributed by atoms with Crippen molar-refractivity contribution in [1.82, 2.24) is 0 Å². The molecule has 0 aromatic heterocycles. The van der Waals surface area contributed by atoms with Crippen LogP contribution in [0.2, 0.25) is 0 Å². The van der Waals surface area contributed by atoms with Crippen LogP contribution in [0.25, 0.3) is 0 Å². The molecule has 1 aliphatic heterocycles. The minimum Gasteiger partial charge on any atom is -0.466 e. The average Bonchev–Trinajstić information content (AvgIpc) is 3.22. The van der Waals surface area contributed by atoms with Crippen LogP contribution >= 0.6 is 0 Å². The van der Waals surface area contributed by atoms with Crippen LogP contribution in [0.3, 0.4) is 0 Å². The van der Waals surface area contributed by atoms with Gasteiger partial charge in [-0.25, -0.2) is 0 Å². The van der Waals surface area contributed by atoms with E-state index >= 15 is 0 Å². The Morgan fingerprint density at radius 2 is 2.05 bits per heavy atom. The maximum absolute atomic E-state index is 11.6. The van der Waals surface area contributed by atoms with E-state index in [4.69, 9.17) is 14.2 Å². The Bertz CT molecular complexity index is 374. The summed E-state index contributed by atoms with van der Waals surface area (Å²) in [5.41, 5.74) is 0. The highest BCUT2D eigenvalue weighted by atomic mass is 16.7. The first-order chi connectivity index (χ1) is 10.4. The topological polar surface area (TPSA) is 85.2 Å². The molecule has 22 heavy (non-hydrogen) atoms. The lowest BCUT2D eigenvalue weighted by Crippen LogP contribution is -2.48. The Labute approximate surface area is 131 Å². The number of carbonyl (C=O) groups is 1. The van der Waals surface area contributed by atoms with E-state index in [-0.39, 0.29) is 30.5 Å². The normalized spacial score (nSPS) is 39.3. The van der Waals surface area contributed by atoms with E-state index < -0.39 is 18.5 Å². The first kappa shape index (κ1) is 17.7. The van der Waals surface area contributed by atoms with Crippen LogP contribution in [-0.2, 0) is 19.0 Å². The molecule has 2 rings (SSSR count). The Balaban J connectivity index is 1.66. The maximum Gasteiger partial charge on any atom is 0.309 e. The number of hydrogen-bond acceptors (Lipinski definition) is 6. The van der Waals surface area contributed by atoms with Gasteiger partial charge in [-0.2, -0.15) is 0 Å². The zero-order valence-electron chi connectivity index (χ0n) is 13.6. The number of carbonyl (C=O) groups excluding carboxylic acids is 1. The van der Waals surface area contributed by atoms with Gasteiger partial charge in [0.2, 0.25) is 0 Å². The fraction of sp³-hybridized carbons (Fsp3) is 0.938. The van der Waals surface area contributed by atoms with Crippen molar-refractivity contribution in [2.24, 2.45) is 11.8 Å². The minimum absolute atomic E-state index is 0.0545. The fourth-order valence-electron chi connectivity index (χ4n) is 2.92. The molecule has 0 spiro atoms. The van der Waals surface area contributed by atoms with Crippen LogP contribution in [0.4, 0.5) is 0 Å². The Morgan fingerprint density at radius 3 is 2.73 bits per heavy atom. The lowest BCUT2D eigenvalue weighted by atomic mass is 10.0. The standard InChI is InChI=1S/C16H28O6/c1-4-20-15(19)12-7-11(12)6-5-9(2)21-16-14(18)8-13(17)10(3)22-16/h9-14,16-18H,4-8H2,1-3H3/t9?,10-,11?,12?,13+,14+,16+/m0/s1. The molecule has 6 heteroatoms. The fourth-order valence-corrected chi connectivity index (χ4v) is 2.92. The second-order valence-electron chi connectivity index (χ2n) is 6.46. The summed E-state index contributed by atoms with van der Waals surface area (Å²) in [6.45, 7) is 5.96. The van der Waals surface area contributed by atoms with Gasteiger partial charge in [0.25, 0.3) is 0 Å². The molecule has 3 unspecified atom stereocenters. The molecule has 1 heterocycles. The van der Waals surface area contributed by atoms with E-state index in [9.17, 15) is 15.0 Å². The third-order valence-electron chi connectivity index (χ3n) is 4.51. The summed E-state index contributed by atoms with van der Waals surface area (Å²) in [6, 6.07) is 0. The van der Waals surface area contributed by atoms with Crippen LogP contribution in [0.5, 0.6) is 0 Å². The van der Waals surface area contributed by atoms with Crippen LogP contribution in [0.1, 0.15) is 46.5 Å². The van der Waals surface area contributed by atoms with Gasteiger partial charge in [-0.15, -0.1) is 0 Å². The van der Waals surface area contributed by atoms with E-state index in [1.54, 1.807) is 6.92 Å². The number of ether oxygens (including phenoxy) is 3. The molecule has 7 atom stereocenters. The molecule has 0 radical (unpaired) electrons. The number of aliphatic hydroxyl groups excluding tert-OH is 2. The van der Waals surface area contributed by atoms with Crippen molar-refractivity contribution in [3.05, 3.63) is 0 Å². The summed E-state index contributed by atoms with van der Waals surface area (Å²) < 4.78 is 16.3. The van der Waals surface area contributed by atoms with Crippen molar-refractivity contribution in [2.45, 2.75) is 77.2 Å². The van der Waals surface area contributed by atoms with Gasteiger partial charge in [-0.3, -0.25) is 4.79 Å². The highest BCUT2D eigenvalue weighted by Crippen LogP contribution is 2.43. The third-order valence-corrected chi connectivity index (χ3v) is 4.51. The van der Waals surface area contributed by atoms with Gasteiger partial charge in [0, 0.05) is 6.42 Å². The van der Waals surface area contributed by atoms with Crippen molar-refractivity contribution in [3.8, 4) is 0 Å².